The number of carbonyl (C=O) groups is 2. The molecule has 0 aromatic carbocycles. The minimum Gasteiger partial charge on any atom is -0.388 e. The molecule has 344 valence electrons. The van der Waals surface area contributed by atoms with E-state index >= 15 is 0 Å². The summed E-state index contributed by atoms with van der Waals surface area (Å²) < 4.78 is 41.8. The molecule has 0 aliphatic carbocycles. The van der Waals surface area contributed by atoms with Crippen molar-refractivity contribution in [1.82, 2.24) is 0 Å². The molecule has 1 saturated heterocycles. The molecule has 0 aromatic rings. The van der Waals surface area contributed by atoms with Crippen LogP contribution in [0.25, 0.3) is 0 Å². The molecule has 0 aromatic heterocycles. The summed E-state index contributed by atoms with van der Waals surface area (Å²) >= 11 is 0. The Hall–Kier alpha value is -1.03. The van der Waals surface area contributed by atoms with Gasteiger partial charge in [0.25, 0.3) is 4.93 Å². The quantitative estimate of drug-likeness (QED) is 0.0231. The maximum absolute atomic E-state index is 13.9. The molecule has 1 heterocycles. The molecule has 0 bridgehead atoms. The zero-order chi connectivity index (χ0) is 43.5. The molecule has 1 aliphatic heterocycles. The molecule has 4 unspecified atom stereocenters. The fourth-order valence-corrected chi connectivity index (χ4v) is 9.41. The summed E-state index contributed by atoms with van der Waals surface area (Å²) in [4.78, 5) is 22.9. The van der Waals surface area contributed by atoms with Gasteiger partial charge in [-0.05, 0) is 19.8 Å². The number of Topliss-reactive ketones (excluding diaryl/α,β-unsaturated/α-hetero) is 2. The summed E-state index contributed by atoms with van der Waals surface area (Å²) in [5, 5.41) is 66.7. The van der Waals surface area contributed by atoms with Crippen LogP contribution in [0, 0.1) is 0 Å². The molecule has 8 atom stereocenters. The van der Waals surface area contributed by atoms with Crippen molar-refractivity contribution < 1.29 is 57.9 Å². The number of aliphatic hydroxyl groups excluding tert-OH is 4. The molecule has 12 nitrogen and oxygen atoms in total. The van der Waals surface area contributed by atoms with E-state index in [1.165, 1.54) is 116 Å². The Kier molecular flexibility index (Phi) is 29.3. The molecule has 1 aliphatic rings. The van der Waals surface area contributed by atoms with E-state index in [2.05, 4.69) is 13.8 Å². The van der Waals surface area contributed by atoms with Crippen LogP contribution in [0.3, 0.4) is 0 Å². The number of unbranched alkanes of at least 4 members (excludes halogenated alkanes) is 28. The lowest BCUT2D eigenvalue weighted by molar-refractivity contribution is -0.282. The average Bonchev–Trinajstić information content (AvgIpc) is 3.19. The van der Waals surface area contributed by atoms with Crippen LogP contribution in [0.4, 0.5) is 0 Å². The highest BCUT2D eigenvalue weighted by Crippen LogP contribution is 2.42. The van der Waals surface area contributed by atoms with E-state index in [1.54, 1.807) is 0 Å². The van der Waals surface area contributed by atoms with Crippen molar-refractivity contribution in [2.45, 2.75) is 273 Å². The predicted molar refractivity (Wildman–Crippen MR) is 229 cm³/mol. The maximum atomic E-state index is 13.9. The van der Waals surface area contributed by atoms with Crippen molar-refractivity contribution in [3.63, 3.8) is 0 Å². The Morgan fingerprint density at radius 2 is 0.845 bits per heavy atom. The molecule has 1 fully saturated rings. The molecule has 13 heteroatoms. The zero-order valence-corrected chi connectivity index (χ0v) is 37.5. The van der Waals surface area contributed by atoms with Crippen molar-refractivity contribution >= 4 is 21.7 Å². The number of aliphatic hydroxyl groups is 6. The van der Waals surface area contributed by atoms with Gasteiger partial charge in [-0.1, -0.05) is 194 Å². The van der Waals surface area contributed by atoms with Crippen LogP contribution in [0.5, 0.6) is 0 Å². The smallest absolute Gasteiger partial charge is 0.301 e. The topological polar surface area (TPSA) is 219 Å². The molecular weight excluding hydrogens is 765 g/mol. The van der Waals surface area contributed by atoms with Gasteiger partial charge in [-0.2, -0.15) is 8.42 Å². The number of carbonyl (C=O) groups excluding carboxylic acids is 2. The molecule has 0 radical (unpaired) electrons. The third-order valence-corrected chi connectivity index (χ3v) is 13.7. The Labute approximate surface area is 352 Å². The average molecular weight is 851 g/mol. The van der Waals surface area contributed by atoms with Gasteiger partial charge in [0.1, 0.15) is 24.4 Å². The van der Waals surface area contributed by atoms with Gasteiger partial charge < -0.3 is 35.4 Å². The second-order valence-corrected chi connectivity index (χ2v) is 18.9. The summed E-state index contributed by atoms with van der Waals surface area (Å²) in [6.07, 6.45) is 17.7. The van der Waals surface area contributed by atoms with Gasteiger partial charge in [0.15, 0.2) is 17.7 Å². The monoisotopic (exact) mass is 851 g/mol. The Bertz CT molecular complexity index is 1180. The molecule has 0 amide bonds. The van der Waals surface area contributed by atoms with Crippen LogP contribution < -0.4 is 0 Å². The molecular formula is C45H86O12S. The first-order valence-electron chi connectivity index (χ1n) is 23.5. The van der Waals surface area contributed by atoms with E-state index in [0.717, 1.165) is 57.8 Å². The van der Waals surface area contributed by atoms with Gasteiger partial charge in [0.05, 0.1) is 6.10 Å². The Morgan fingerprint density at radius 1 is 0.534 bits per heavy atom. The van der Waals surface area contributed by atoms with E-state index in [4.69, 9.17) is 4.74 Å². The molecule has 1 rings (SSSR count). The highest BCUT2D eigenvalue weighted by Gasteiger charge is 2.73. The summed E-state index contributed by atoms with van der Waals surface area (Å²) in [6.45, 7) is 5.65. The molecule has 0 saturated carbocycles. The fraction of sp³-hybridized carbons (Fsp3) is 0.956. The van der Waals surface area contributed by atoms with E-state index < -0.39 is 81.7 Å². The first-order valence-corrected chi connectivity index (χ1v) is 24.9. The number of ether oxygens (including phenoxy) is 1. The third kappa shape index (κ3) is 18.5. The maximum Gasteiger partial charge on any atom is 0.301 e. The second kappa shape index (κ2) is 30.9. The lowest BCUT2D eigenvalue weighted by Gasteiger charge is -2.50. The van der Waals surface area contributed by atoms with Crippen molar-refractivity contribution in [2.24, 2.45) is 0 Å². The Morgan fingerprint density at radius 3 is 1.17 bits per heavy atom. The van der Waals surface area contributed by atoms with E-state index in [1.807, 2.05) is 0 Å². The highest BCUT2D eigenvalue weighted by atomic mass is 32.2. The third-order valence-electron chi connectivity index (χ3n) is 12.3. The van der Waals surface area contributed by atoms with Gasteiger partial charge in [-0.15, -0.1) is 0 Å². The molecule has 0 spiro atoms. The SMILES string of the molecule is CCCCCCCCCCCCCCCCCC(=O)C(O)C(O)(C(O)(C(=O)CCCCCCCCCCCCCCCCC)C1O[C@H](C)[C@@H](O)[C@H](O)[C@H]1O)S(=O)(=O)O. The number of hydrogen-bond acceptors (Lipinski definition) is 11. The summed E-state index contributed by atoms with van der Waals surface area (Å²) in [7, 11) is -6.07. The second-order valence-electron chi connectivity index (χ2n) is 17.4. The van der Waals surface area contributed by atoms with E-state index in [0.29, 0.717) is 12.8 Å². The summed E-state index contributed by atoms with van der Waals surface area (Å²) in [5.74, 6) is -2.66. The van der Waals surface area contributed by atoms with E-state index in [-0.39, 0.29) is 12.8 Å². The first-order chi connectivity index (χ1) is 27.6. The Balaban J connectivity index is 2.79. The van der Waals surface area contributed by atoms with Gasteiger partial charge in [-0.3, -0.25) is 14.1 Å². The minimum absolute atomic E-state index is 0.118. The predicted octanol–water partition coefficient (Wildman–Crippen LogP) is 8.19. The zero-order valence-electron chi connectivity index (χ0n) is 36.7. The largest absolute Gasteiger partial charge is 0.388 e. The van der Waals surface area contributed by atoms with Gasteiger partial charge in [0, 0.05) is 12.8 Å². The van der Waals surface area contributed by atoms with E-state index in [9.17, 15) is 53.2 Å². The fourth-order valence-electron chi connectivity index (χ4n) is 8.38. The van der Waals surface area contributed by atoms with Crippen molar-refractivity contribution in [1.29, 1.82) is 0 Å². The lowest BCUT2D eigenvalue weighted by Crippen LogP contribution is -2.79. The van der Waals surface area contributed by atoms with Crippen molar-refractivity contribution in [3.8, 4) is 0 Å². The van der Waals surface area contributed by atoms with Gasteiger partial charge in [0.2, 0.25) is 5.60 Å². The number of hydrogen-bond donors (Lipinski definition) is 7. The normalized spacial score (nSPS) is 22.7. The minimum atomic E-state index is -6.07. The summed E-state index contributed by atoms with van der Waals surface area (Å²) in [5.41, 5.74) is -3.82. The molecule has 58 heavy (non-hydrogen) atoms. The van der Waals surface area contributed by atoms with Crippen molar-refractivity contribution in [2.75, 3.05) is 0 Å². The van der Waals surface area contributed by atoms with Crippen LogP contribution >= 0.6 is 0 Å². The van der Waals surface area contributed by atoms with Crippen LogP contribution in [-0.2, 0) is 24.4 Å². The van der Waals surface area contributed by atoms with Crippen LogP contribution in [-0.4, -0.2) is 102 Å². The summed E-state index contributed by atoms with van der Waals surface area (Å²) in [6, 6.07) is 0. The lowest BCUT2D eigenvalue weighted by atomic mass is 9.74. The van der Waals surface area contributed by atoms with Crippen LogP contribution in [0.2, 0.25) is 0 Å². The number of ketones is 2. The van der Waals surface area contributed by atoms with Gasteiger partial charge >= 0.3 is 10.1 Å². The van der Waals surface area contributed by atoms with Gasteiger partial charge in [-0.25, -0.2) is 0 Å². The first kappa shape index (κ1) is 55.0. The van der Waals surface area contributed by atoms with Crippen LogP contribution in [0.1, 0.15) is 226 Å². The highest BCUT2D eigenvalue weighted by molar-refractivity contribution is 7.87. The van der Waals surface area contributed by atoms with Crippen LogP contribution in [0.15, 0.2) is 0 Å². The standard InChI is InChI=1S/C45H86O12S/c1-4-6-8-10-12-14-16-18-20-22-24-26-28-30-32-34-37(46)42(51)45(53,58(54,55)56)44(52,43-41(50)40(49)39(48)36(3)57-43)38(47)35-33-31-29-27-25-23-21-19-17-15-13-11-9-7-5-2/h36,39-43,48-53H,4-35H2,1-3H3,(H,54,55,56)/t36-,39-,40+,41-,42?,43?,44?,45?/m1/s1. The molecule has 7 N–H and O–H groups in total. The number of rotatable bonds is 38. The van der Waals surface area contributed by atoms with Crippen molar-refractivity contribution in [3.05, 3.63) is 0 Å².